The molecule has 76 valence electrons. The van der Waals surface area contributed by atoms with Gasteiger partial charge in [-0.2, -0.15) is 0 Å². The Morgan fingerprint density at radius 1 is 1.14 bits per heavy atom. The minimum Gasteiger partial charge on any atom is -0.504 e. The van der Waals surface area contributed by atoms with Crippen molar-refractivity contribution in [3.63, 3.8) is 0 Å². The number of phenolic OH excluding ortho intramolecular Hbond substituents is 2. The quantitative estimate of drug-likeness (QED) is 0.631. The Kier molecular flexibility index (Phi) is 2.96. The Bertz CT molecular complexity index is 435. The third-order valence-corrected chi connectivity index (χ3v) is 1.82. The first kappa shape index (κ1) is 10.4. The van der Waals surface area contributed by atoms with Crippen LogP contribution < -0.4 is 0 Å². The molecule has 0 spiro atoms. The SMILES string of the molecule is CC.Cn1cnc2cc(O)c(O)cc21. The van der Waals surface area contributed by atoms with Crippen molar-refractivity contribution in [3.8, 4) is 11.5 Å². The summed E-state index contributed by atoms with van der Waals surface area (Å²) in [5, 5.41) is 18.3. The Morgan fingerprint density at radius 3 is 2.36 bits per heavy atom. The van der Waals surface area contributed by atoms with Gasteiger partial charge in [0.1, 0.15) is 0 Å². The van der Waals surface area contributed by atoms with E-state index in [1.54, 1.807) is 10.9 Å². The summed E-state index contributed by atoms with van der Waals surface area (Å²) in [6.07, 6.45) is 1.63. The van der Waals surface area contributed by atoms with Crippen LogP contribution in [0.25, 0.3) is 11.0 Å². The van der Waals surface area contributed by atoms with E-state index in [0.29, 0.717) is 5.52 Å². The van der Waals surface area contributed by atoms with E-state index in [2.05, 4.69) is 4.98 Å². The van der Waals surface area contributed by atoms with Gasteiger partial charge in [0.05, 0.1) is 17.4 Å². The molecule has 0 fully saturated rings. The van der Waals surface area contributed by atoms with Crippen molar-refractivity contribution in [2.75, 3.05) is 0 Å². The number of aryl methyl sites for hydroxylation is 1. The van der Waals surface area contributed by atoms with Crippen LogP contribution in [-0.4, -0.2) is 19.8 Å². The molecule has 1 heterocycles. The molecule has 0 bridgehead atoms. The normalized spacial score (nSPS) is 9.64. The molecule has 1 aromatic heterocycles. The Balaban J connectivity index is 0.000000461. The first-order valence-electron chi connectivity index (χ1n) is 4.51. The van der Waals surface area contributed by atoms with Crippen molar-refractivity contribution in [1.29, 1.82) is 0 Å². The van der Waals surface area contributed by atoms with Gasteiger partial charge in [-0.05, 0) is 0 Å². The third-order valence-electron chi connectivity index (χ3n) is 1.82. The van der Waals surface area contributed by atoms with Crippen LogP contribution in [0.15, 0.2) is 18.5 Å². The molecule has 0 atom stereocenters. The number of fused-ring (bicyclic) bond motifs is 1. The van der Waals surface area contributed by atoms with Crippen LogP contribution >= 0.6 is 0 Å². The van der Waals surface area contributed by atoms with Crippen LogP contribution in [0.3, 0.4) is 0 Å². The van der Waals surface area contributed by atoms with Crippen LogP contribution in [0.4, 0.5) is 0 Å². The highest BCUT2D eigenvalue weighted by atomic mass is 16.3. The molecule has 2 aromatic rings. The molecule has 0 aliphatic rings. The van der Waals surface area contributed by atoms with E-state index in [4.69, 9.17) is 10.2 Å². The van der Waals surface area contributed by atoms with Crippen LogP contribution in [0.2, 0.25) is 0 Å². The van der Waals surface area contributed by atoms with Crippen molar-refractivity contribution in [3.05, 3.63) is 18.5 Å². The summed E-state index contributed by atoms with van der Waals surface area (Å²) in [5.74, 6) is -0.257. The second-order valence-electron chi connectivity index (χ2n) is 2.69. The predicted octanol–water partition coefficient (Wildman–Crippen LogP) is 2.01. The van der Waals surface area contributed by atoms with E-state index in [1.165, 1.54) is 12.1 Å². The van der Waals surface area contributed by atoms with Gasteiger partial charge in [0.25, 0.3) is 0 Å². The lowest BCUT2D eigenvalue weighted by Gasteiger charge is -1.97. The summed E-state index contributed by atoms with van der Waals surface area (Å²) in [4.78, 5) is 4.01. The van der Waals surface area contributed by atoms with E-state index in [-0.39, 0.29) is 11.5 Å². The zero-order valence-electron chi connectivity index (χ0n) is 8.52. The molecule has 0 radical (unpaired) electrons. The highest BCUT2D eigenvalue weighted by Crippen LogP contribution is 2.28. The predicted molar refractivity (Wildman–Crippen MR) is 55.4 cm³/mol. The molecule has 0 unspecified atom stereocenters. The number of rotatable bonds is 0. The first-order valence-corrected chi connectivity index (χ1v) is 4.51. The van der Waals surface area contributed by atoms with Crippen molar-refractivity contribution in [2.24, 2.45) is 7.05 Å². The topological polar surface area (TPSA) is 58.3 Å². The summed E-state index contributed by atoms with van der Waals surface area (Å²) in [6, 6.07) is 2.92. The summed E-state index contributed by atoms with van der Waals surface area (Å²) in [6.45, 7) is 4.00. The van der Waals surface area contributed by atoms with Gasteiger partial charge >= 0.3 is 0 Å². The van der Waals surface area contributed by atoms with Gasteiger partial charge in [-0.15, -0.1) is 0 Å². The maximum absolute atomic E-state index is 9.17. The highest BCUT2D eigenvalue weighted by Gasteiger charge is 2.04. The van der Waals surface area contributed by atoms with Crippen LogP contribution in [-0.2, 0) is 7.05 Å². The molecule has 0 saturated heterocycles. The van der Waals surface area contributed by atoms with E-state index in [1.807, 2.05) is 20.9 Å². The van der Waals surface area contributed by atoms with Crippen molar-refractivity contribution in [1.82, 2.24) is 9.55 Å². The Hall–Kier alpha value is -1.71. The van der Waals surface area contributed by atoms with Crippen molar-refractivity contribution in [2.45, 2.75) is 13.8 Å². The highest BCUT2D eigenvalue weighted by molar-refractivity contribution is 5.79. The standard InChI is InChI=1S/C8H8N2O2.C2H6/c1-10-4-9-5-2-7(11)8(12)3-6(5)10;1-2/h2-4,11-12H,1H3;1-2H3. The molecule has 2 rings (SSSR count). The minimum atomic E-state index is -0.138. The van der Waals surface area contributed by atoms with Gasteiger partial charge < -0.3 is 14.8 Å². The molecule has 0 amide bonds. The number of aromatic hydroxyl groups is 2. The number of hydrogen-bond acceptors (Lipinski definition) is 3. The molecule has 4 nitrogen and oxygen atoms in total. The van der Waals surface area contributed by atoms with Crippen molar-refractivity contribution >= 4 is 11.0 Å². The molecule has 14 heavy (non-hydrogen) atoms. The van der Waals surface area contributed by atoms with Crippen LogP contribution in [0.5, 0.6) is 11.5 Å². The Morgan fingerprint density at radius 2 is 1.71 bits per heavy atom. The fourth-order valence-electron chi connectivity index (χ4n) is 1.15. The van der Waals surface area contributed by atoms with Crippen LogP contribution in [0.1, 0.15) is 13.8 Å². The summed E-state index contributed by atoms with van der Waals surface area (Å²) in [5.41, 5.74) is 1.47. The zero-order valence-corrected chi connectivity index (χ0v) is 8.52. The van der Waals surface area contributed by atoms with Gasteiger partial charge in [0.15, 0.2) is 11.5 Å². The van der Waals surface area contributed by atoms with Crippen LogP contribution in [0, 0.1) is 0 Å². The van der Waals surface area contributed by atoms with Gasteiger partial charge in [0.2, 0.25) is 0 Å². The molecule has 4 heteroatoms. The van der Waals surface area contributed by atoms with E-state index in [9.17, 15) is 0 Å². The summed E-state index contributed by atoms with van der Waals surface area (Å²) < 4.78 is 1.77. The fourth-order valence-corrected chi connectivity index (χ4v) is 1.15. The molecule has 0 saturated carbocycles. The third kappa shape index (κ3) is 1.64. The van der Waals surface area contributed by atoms with E-state index < -0.39 is 0 Å². The monoisotopic (exact) mass is 194 g/mol. The fraction of sp³-hybridized carbons (Fsp3) is 0.300. The number of benzene rings is 1. The molecule has 1 aromatic carbocycles. The van der Waals surface area contributed by atoms with Gasteiger partial charge in [0, 0.05) is 19.2 Å². The first-order chi connectivity index (χ1) is 6.68. The smallest absolute Gasteiger partial charge is 0.159 e. The lowest BCUT2D eigenvalue weighted by atomic mass is 10.3. The number of phenols is 2. The number of aromatic nitrogens is 2. The second kappa shape index (κ2) is 4.00. The Labute approximate surface area is 82.4 Å². The maximum Gasteiger partial charge on any atom is 0.159 e. The van der Waals surface area contributed by atoms with E-state index >= 15 is 0 Å². The molecular formula is C10H14N2O2. The summed E-state index contributed by atoms with van der Waals surface area (Å²) in [7, 11) is 1.83. The van der Waals surface area contributed by atoms with E-state index in [0.717, 1.165) is 5.52 Å². The second-order valence-corrected chi connectivity index (χ2v) is 2.69. The number of hydrogen-bond donors (Lipinski definition) is 2. The average molecular weight is 194 g/mol. The molecule has 0 aliphatic heterocycles. The lowest BCUT2D eigenvalue weighted by Crippen LogP contribution is -1.82. The largest absolute Gasteiger partial charge is 0.504 e. The lowest BCUT2D eigenvalue weighted by molar-refractivity contribution is 0.404. The molecular weight excluding hydrogens is 180 g/mol. The molecule has 2 N–H and O–H groups in total. The van der Waals surface area contributed by atoms with Gasteiger partial charge in [-0.1, -0.05) is 13.8 Å². The zero-order chi connectivity index (χ0) is 10.7. The minimum absolute atomic E-state index is 0.119. The number of imidazole rings is 1. The summed E-state index contributed by atoms with van der Waals surface area (Å²) >= 11 is 0. The van der Waals surface area contributed by atoms with Gasteiger partial charge in [-0.3, -0.25) is 0 Å². The molecule has 0 aliphatic carbocycles. The number of nitrogens with zero attached hydrogens (tertiary/aromatic N) is 2. The maximum atomic E-state index is 9.17. The average Bonchev–Trinajstić information content (AvgIpc) is 2.53. The van der Waals surface area contributed by atoms with Crippen molar-refractivity contribution < 1.29 is 10.2 Å². The van der Waals surface area contributed by atoms with Gasteiger partial charge in [-0.25, -0.2) is 4.98 Å².